The first-order valence-corrected chi connectivity index (χ1v) is 11.1. The van der Waals surface area contributed by atoms with Gasteiger partial charge in [-0.15, -0.1) is 0 Å². The Balaban J connectivity index is 0. The summed E-state index contributed by atoms with van der Waals surface area (Å²) < 4.78 is 39.5. The van der Waals surface area contributed by atoms with E-state index >= 15 is 0 Å². The van der Waals surface area contributed by atoms with Crippen LogP contribution >= 0.6 is 0 Å². The lowest BCUT2D eigenvalue weighted by Gasteiger charge is -2.07. The van der Waals surface area contributed by atoms with Crippen LogP contribution in [0.15, 0.2) is 107 Å². The molecule has 0 radical (unpaired) electrons. The smallest absolute Gasteiger partial charge is 0.129 e. The van der Waals surface area contributed by atoms with Gasteiger partial charge >= 0.3 is 0 Å². The lowest BCUT2D eigenvalue weighted by atomic mass is 10.0. The third kappa shape index (κ3) is 12.3. The van der Waals surface area contributed by atoms with Crippen molar-refractivity contribution in [2.75, 3.05) is 0 Å². The number of rotatable bonds is 8. The first-order chi connectivity index (χ1) is 15.0. The maximum absolute atomic E-state index is 13.5. The minimum Gasteiger partial charge on any atom is -0.206 e. The van der Waals surface area contributed by atoms with Crippen LogP contribution in [0.2, 0.25) is 0 Å². The minimum atomic E-state index is -0.243. The Morgan fingerprint density at radius 1 is 0.576 bits per heavy atom. The Hall–Kier alpha value is -2.55. The fourth-order valence-electron chi connectivity index (χ4n) is 2.73. The van der Waals surface area contributed by atoms with E-state index < -0.39 is 0 Å². The van der Waals surface area contributed by atoms with Crippen LogP contribution < -0.4 is 0 Å². The maximum atomic E-state index is 13.5. The van der Waals surface area contributed by atoms with Crippen molar-refractivity contribution in [1.29, 1.82) is 0 Å². The van der Waals surface area contributed by atoms with Gasteiger partial charge in [-0.05, 0) is 107 Å². The molecule has 1 rings (SSSR count). The zero-order chi connectivity index (χ0) is 26.6. The van der Waals surface area contributed by atoms with Gasteiger partial charge in [0.05, 0.1) is 0 Å². The van der Waals surface area contributed by atoms with Gasteiger partial charge in [-0.25, -0.2) is 13.2 Å². The van der Waals surface area contributed by atoms with Crippen LogP contribution in [-0.4, -0.2) is 0 Å². The first-order valence-electron chi connectivity index (χ1n) is 11.1. The van der Waals surface area contributed by atoms with Crippen LogP contribution in [0.4, 0.5) is 13.2 Å². The topological polar surface area (TPSA) is 0 Å². The molecule has 0 aromatic rings. The van der Waals surface area contributed by atoms with Gasteiger partial charge in [-0.1, -0.05) is 63.1 Å². The Kier molecular flexibility index (Phi) is 15.1. The molecule has 0 aliphatic heterocycles. The fourth-order valence-corrected chi connectivity index (χ4v) is 2.73. The molecule has 184 valence electrons. The van der Waals surface area contributed by atoms with Gasteiger partial charge in [0.1, 0.15) is 17.5 Å². The number of hydrogen-bond acceptors (Lipinski definition) is 0. The van der Waals surface area contributed by atoms with E-state index in [9.17, 15) is 13.2 Å². The SMILES string of the molecule is C=C(C)/C(C)=C(/F)C(=C)C.C=C(C)/C(F)=C(/CC)C(=C)C.C=C(C)/C(F)=C(\C(=C)C)C1CC1. The summed E-state index contributed by atoms with van der Waals surface area (Å²) in [5, 5.41) is 0. The summed E-state index contributed by atoms with van der Waals surface area (Å²) in [5.41, 5.74) is 5.89. The second-order valence-corrected chi connectivity index (χ2v) is 8.77. The van der Waals surface area contributed by atoms with Crippen LogP contribution in [0.3, 0.4) is 0 Å². The molecule has 1 aliphatic rings. The van der Waals surface area contributed by atoms with Crippen molar-refractivity contribution in [3.8, 4) is 0 Å². The number of halogens is 3. The fraction of sp³-hybridized carbons (Fsp3) is 0.400. The highest BCUT2D eigenvalue weighted by molar-refractivity contribution is 5.41. The molecule has 1 fully saturated rings. The Labute approximate surface area is 201 Å². The van der Waals surface area contributed by atoms with Crippen LogP contribution in [0.25, 0.3) is 0 Å². The largest absolute Gasteiger partial charge is 0.206 e. The van der Waals surface area contributed by atoms with Gasteiger partial charge in [0, 0.05) is 0 Å². The minimum absolute atomic E-state index is 0.148. The molecule has 0 aromatic heterocycles. The van der Waals surface area contributed by atoms with E-state index in [0.717, 1.165) is 35.1 Å². The molecule has 0 aromatic carbocycles. The zero-order valence-corrected chi connectivity index (χ0v) is 22.1. The van der Waals surface area contributed by atoms with Gasteiger partial charge in [-0.2, -0.15) is 0 Å². The Morgan fingerprint density at radius 2 is 0.970 bits per heavy atom. The van der Waals surface area contributed by atoms with Crippen molar-refractivity contribution < 1.29 is 13.2 Å². The van der Waals surface area contributed by atoms with Crippen LogP contribution in [0.5, 0.6) is 0 Å². The highest BCUT2D eigenvalue weighted by Crippen LogP contribution is 2.42. The van der Waals surface area contributed by atoms with E-state index in [1.165, 1.54) is 0 Å². The molecule has 1 aliphatic carbocycles. The molecule has 0 unspecified atom stereocenters. The lowest BCUT2D eigenvalue weighted by molar-refractivity contribution is 0.631. The van der Waals surface area contributed by atoms with Crippen molar-refractivity contribution in [3.63, 3.8) is 0 Å². The van der Waals surface area contributed by atoms with Gasteiger partial charge in [0.25, 0.3) is 0 Å². The summed E-state index contributed by atoms with van der Waals surface area (Å²) in [7, 11) is 0. The molecule has 0 N–H and O–H groups in total. The molecule has 0 amide bonds. The van der Waals surface area contributed by atoms with Crippen molar-refractivity contribution in [2.45, 2.75) is 74.7 Å². The molecular formula is C30H43F3. The second-order valence-electron chi connectivity index (χ2n) is 8.77. The molecule has 0 spiro atoms. The molecule has 0 bridgehead atoms. The molecule has 0 saturated heterocycles. The van der Waals surface area contributed by atoms with E-state index in [4.69, 9.17) is 0 Å². The monoisotopic (exact) mass is 460 g/mol. The normalized spacial score (nSPS) is 14.6. The number of allylic oxidation sites excluding steroid dienone is 12. The summed E-state index contributed by atoms with van der Waals surface area (Å²) >= 11 is 0. The third-order valence-electron chi connectivity index (χ3n) is 4.91. The van der Waals surface area contributed by atoms with E-state index in [1.807, 2.05) is 13.8 Å². The average molecular weight is 461 g/mol. The van der Waals surface area contributed by atoms with Gasteiger partial charge < -0.3 is 0 Å². The van der Waals surface area contributed by atoms with E-state index in [2.05, 4.69) is 39.5 Å². The summed E-state index contributed by atoms with van der Waals surface area (Å²) in [6.07, 6.45) is 2.87. The highest BCUT2D eigenvalue weighted by Gasteiger charge is 2.29. The number of hydrogen-bond donors (Lipinski definition) is 0. The first kappa shape index (κ1) is 32.6. The summed E-state index contributed by atoms with van der Waals surface area (Å²) in [5.74, 6) is -0.184. The van der Waals surface area contributed by atoms with Gasteiger partial charge in [0.15, 0.2) is 0 Å². The van der Waals surface area contributed by atoms with E-state index in [0.29, 0.717) is 40.2 Å². The van der Waals surface area contributed by atoms with E-state index in [1.54, 1.807) is 41.5 Å². The highest BCUT2D eigenvalue weighted by atomic mass is 19.1. The molecule has 1 saturated carbocycles. The predicted octanol–water partition coefficient (Wildman–Crippen LogP) is 10.9. The second kappa shape index (κ2) is 15.3. The average Bonchev–Trinajstić information content (AvgIpc) is 3.52. The summed E-state index contributed by atoms with van der Waals surface area (Å²) in [6, 6.07) is 0. The van der Waals surface area contributed by atoms with Gasteiger partial charge in [-0.3, -0.25) is 0 Å². The van der Waals surface area contributed by atoms with E-state index in [-0.39, 0.29) is 17.5 Å². The Bertz CT molecular complexity index is 875. The van der Waals surface area contributed by atoms with Crippen molar-refractivity contribution in [2.24, 2.45) is 5.92 Å². The van der Waals surface area contributed by atoms with Crippen LogP contribution in [0.1, 0.15) is 74.7 Å². The predicted molar refractivity (Wildman–Crippen MR) is 142 cm³/mol. The molecule has 0 heterocycles. The molecule has 0 nitrogen and oxygen atoms in total. The lowest BCUT2D eigenvalue weighted by Crippen LogP contribution is -1.92. The third-order valence-corrected chi connectivity index (χ3v) is 4.91. The molecule has 3 heteroatoms. The van der Waals surface area contributed by atoms with Crippen molar-refractivity contribution in [3.05, 3.63) is 107 Å². The molecular weight excluding hydrogens is 417 g/mol. The standard InChI is InChI=1S/C11H15F.C10H15F.C9H13F/c1-7(2)10(9-5-6-9)11(12)8(3)4;1-6-9(7(2)3)10(11)8(4)5;1-6(2)8(5)9(10)7(3)4/h9H,1,3,5-6H2,2,4H3;2,4,6H2,1,3,5H3;1,3H2,2,4-5H3/b11-10-;10-9+;9-8+. The maximum Gasteiger partial charge on any atom is 0.129 e. The Morgan fingerprint density at radius 3 is 1.12 bits per heavy atom. The summed E-state index contributed by atoms with van der Waals surface area (Å²) in [6.45, 7) is 35.7. The molecule has 33 heavy (non-hydrogen) atoms. The quantitative estimate of drug-likeness (QED) is 0.316. The molecule has 0 atom stereocenters. The van der Waals surface area contributed by atoms with Crippen molar-refractivity contribution in [1.82, 2.24) is 0 Å². The van der Waals surface area contributed by atoms with Crippen molar-refractivity contribution >= 4 is 0 Å². The van der Waals surface area contributed by atoms with Gasteiger partial charge in [0.2, 0.25) is 0 Å². The van der Waals surface area contributed by atoms with Crippen LogP contribution in [0, 0.1) is 5.92 Å². The van der Waals surface area contributed by atoms with Crippen LogP contribution in [-0.2, 0) is 0 Å². The summed E-state index contributed by atoms with van der Waals surface area (Å²) in [4.78, 5) is 0. The zero-order valence-electron chi connectivity index (χ0n) is 22.1.